The minimum absolute atomic E-state index is 0.0561. The van der Waals surface area contributed by atoms with E-state index in [2.05, 4.69) is 5.32 Å². The van der Waals surface area contributed by atoms with Crippen LogP contribution in [0.1, 0.15) is 18.4 Å². The highest BCUT2D eigenvalue weighted by Gasteiger charge is 2.18. The summed E-state index contributed by atoms with van der Waals surface area (Å²) >= 11 is 5.87. The van der Waals surface area contributed by atoms with Crippen LogP contribution < -0.4 is 10.1 Å². The van der Waals surface area contributed by atoms with Crippen LogP contribution in [0.4, 0.5) is 0 Å². The van der Waals surface area contributed by atoms with Gasteiger partial charge in [-0.05, 0) is 49.9 Å². The summed E-state index contributed by atoms with van der Waals surface area (Å²) in [6.07, 6.45) is 3.29. The van der Waals surface area contributed by atoms with Gasteiger partial charge < -0.3 is 15.2 Å². The van der Waals surface area contributed by atoms with Gasteiger partial charge in [0.2, 0.25) is 0 Å². The summed E-state index contributed by atoms with van der Waals surface area (Å²) < 4.78 is 5.25. The molecule has 1 aromatic rings. The predicted octanol–water partition coefficient (Wildman–Crippen LogP) is 2.60. The number of methoxy groups -OCH3 is 1. The van der Waals surface area contributed by atoms with Crippen LogP contribution in [0.15, 0.2) is 12.1 Å². The van der Waals surface area contributed by atoms with Crippen LogP contribution in [0.25, 0.3) is 0 Å². The molecule has 0 bridgehead atoms. The van der Waals surface area contributed by atoms with Gasteiger partial charge in [0.25, 0.3) is 0 Å². The zero-order chi connectivity index (χ0) is 12.3. The first-order chi connectivity index (χ1) is 8.22. The van der Waals surface area contributed by atoms with Crippen LogP contribution >= 0.6 is 11.6 Å². The molecule has 1 aromatic carbocycles. The highest BCUT2D eigenvalue weighted by atomic mass is 35.5. The van der Waals surface area contributed by atoms with E-state index in [1.807, 2.05) is 6.07 Å². The van der Waals surface area contributed by atoms with Crippen LogP contribution in [0.5, 0.6) is 11.5 Å². The van der Waals surface area contributed by atoms with Crippen LogP contribution in [0, 0.1) is 5.92 Å². The Morgan fingerprint density at radius 3 is 2.76 bits per heavy atom. The summed E-state index contributed by atoms with van der Waals surface area (Å²) in [5, 5.41) is 13.5. The van der Waals surface area contributed by atoms with Crippen LogP contribution in [0.2, 0.25) is 5.02 Å². The van der Waals surface area contributed by atoms with Crippen molar-refractivity contribution in [2.24, 2.45) is 5.92 Å². The summed E-state index contributed by atoms with van der Waals surface area (Å²) in [7, 11) is 1.57. The van der Waals surface area contributed by atoms with Crippen molar-refractivity contribution in [1.82, 2.24) is 5.32 Å². The average molecular weight is 256 g/mol. The summed E-state index contributed by atoms with van der Waals surface area (Å²) in [6.45, 7) is 2.15. The SMILES string of the molecule is COc1c(CC2CCNCC2)ccc(Cl)c1O. The lowest BCUT2D eigenvalue weighted by molar-refractivity contribution is 0.348. The molecule has 0 atom stereocenters. The topological polar surface area (TPSA) is 41.5 Å². The van der Waals surface area contributed by atoms with Gasteiger partial charge in [-0.25, -0.2) is 0 Å². The molecule has 1 aliphatic rings. The second kappa shape index (κ2) is 5.61. The zero-order valence-corrected chi connectivity index (χ0v) is 10.8. The Morgan fingerprint density at radius 1 is 1.41 bits per heavy atom. The van der Waals surface area contributed by atoms with Crippen molar-refractivity contribution in [2.75, 3.05) is 20.2 Å². The molecule has 2 rings (SSSR count). The first-order valence-corrected chi connectivity index (χ1v) is 6.35. The summed E-state index contributed by atoms with van der Waals surface area (Å²) in [5.41, 5.74) is 1.04. The number of hydrogen-bond donors (Lipinski definition) is 2. The minimum Gasteiger partial charge on any atom is -0.503 e. The fourth-order valence-electron chi connectivity index (χ4n) is 2.37. The Balaban J connectivity index is 2.17. The number of nitrogens with one attached hydrogen (secondary N) is 1. The first kappa shape index (κ1) is 12.5. The second-order valence-electron chi connectivity index (χ2n) is 4.49. The fraction of sp³-hybridized carbons (Fsp3) is 0.538. The van der Waals surface area contributed by atoms with Gasteiger partial charge >= 0.3 is 0 Å². The lowest BCUT2D eigenvalue weighted by Crippen LogP contribution is -2.28. The van der Waals surface area contributed by atoms with Crippen molar-refractivity contribution in [2.45, 2.75) is 19.3 Å². The van der Waals surface area contributed by atoms with Crippen LogP contribution in [0.3, 0.4) is 0 Å². The van der Waals surface area contributed by atoms with Gasteiger partial charge in [0.15, 0.2) is 11.5 Å². The van der Waals surface area contributed by atoms with Gasteiger partial charge in [-0.15, -0.1) is 0 Å². The maximum absolute atomic E-state index is 9.84. The first-order valence-electron chi connectivity index (χ1n) is 5.97. The number of rotatable bonds is 3. The van der Waals surface area contributed by atoms with E-state index in [0.29, 0.717) is 16.7 Å². The smallest absolute Gasteiger partial charge is 0.177 e. The molecule has 17 heavy (non-hydrogen) atoms. The Kier molecular flexibility index (Phi) is 4.13. The summed E-state index contributed by atoms with van der Waals surface area (Å²) in [4.78, 5) is 0. The van der Waals surface area contributed by atoms with Gasteiger partial charge in [-0.2, -0.15) is 0 Å². The fourth-order valence-corrected chi connectivity index (χ4v) is 2.52. The van der Waals surface area contributed by atoms with Crippen molar-refractivity contribution < 1.29 is 9.84 Å². The molecule has 94 valence electrons. The van der Waals surface area contributed by atoms with Gasteiger partial charge in [0, 0.05) is 0 Å². The van der Waals surface area contributed by atoms with Crippen LogP contribution in [-0.2, 0) is 6.42 Å². The molecule has 0 aromatic heterocycles. The molecule has 0 radical (unpaired) electrons. The van der Waals surface area contributed by atoms with E-state index in [9.17, 15) is 5.11 Å². The largest absolute Gasteiger partial charge is 0.503 e. The standard InChI is InChI=1S/C13H18ClNO2/c1-17-13-10(2-3-11(14)12(13)16)8-9-4-6-15-7-5-9/h2-3,9,15-16H,4-8H2,1H3. The third kappa shape index (κ3) is 2.85. The number of hydrogen-bond acceptors (Lipinski definition) is 3. The molecule has 1 saturated heterocycles. The highest BCUT2D eigenvalue weighted by molar-refractivity contribution is 6.32. The molecule has 0 spiro atoms. The van der Waals surface area contributed by atoms with E-state index in [4.69, 9.17) is 16.3 Å². The van der Waals surface area contributed by atoms with Crippen molar-refractivity contribution in [3.63, 3.8) is 0 Å². The van der Waals surface area contributed by atoms with Gasteiger partial charge in [0.1, 0.15) is 0 Å². The number of piperidine rings is 1. The Hall–Kier alpha value is -0.930. The van der Waals surface area contributed by atoms with Crippen molar-refractivity contribution in [3.05, 3.63) is 22.7 Å². The predicted molar refractivity (Wildman–Crippen MR) is 69.0 cm³/mol. The molecule has 4 heteroatoms. The zero-order valence-electron chi connectivity index (χ0n) is 10.0. The quantitative estimate of drug-likeness (QED) is 0.872. The monoisotopic (exact) mass is 255 g/mol. The number of aromatic hydroxyl groups is 1. The molecular weight excluding hydrogens is 238 g/mol. The average Bonchev–Trinajstić information content (AvgIpc) is 2.36. The number of phenols is 1. The van der Waals surface area contributed by atoms with E-state index >= 15 is 0 Å². The maximum atomic E-state index is 9.84. The number of benzene rings is 1. The molecule has 0 saturated carbocycles. The van der Waals surface area contributed by atoms with Gasteiger partial charge in [-0.1, -0.05) is 17.7 Å². The molecule has 0 amide bonds. The third-order valence-electron chi connectivity index (χ3n) is 3.34. The Labute approximate surface area is 107 Å². The van der Waals surface area contributed by atoms with E-state index in [1.54, 1.807) is 13.2 Å². The molecule has 1 heterocycles. The molecular formula is C13H18ClNO2. The number of ether oxygens (including phenoxy) is 1. The molecule has 1 fully saturated rings. The second-order valence-corrected chi connectivity index (χ2v) is 4.89. The molecule has 3 nitrogen and oxygen atoms in total. The van der Waals surface area contributed by atoms with Crippen molar-refractivity contribution in [3.8, 4) is 11.5 Å². The maximum Gasteiger partial charge on any atom is 0.177 e. The van der Waals surface area contributed by atoms with E-state index in [1.165, 1.54) is 12.8 Å². The number of halogens is 1. The highest BCUT2D eigenvalue weighted by Crippen LogP contribution is 2.38. The molecule has 0 aliphatic carbocycles. The van der Waals surface area contributed by atoms with Crippen molar-refractivity contribution in [1.29, 1.82) is 0 Å². The third-order valence-corrected chi connectivity index (χ3v) is 3.64. The summed E-state index contributed by atoms with van der Waals surface area (Å²) in [5.74, 6) is 1.24. The van der Waals surface area contributed by atoms with Gasteiger partial charge in [0.05, 0.1) is 12.1 Å². The lowest BCUT2D eigenvalue weighted by Gasteiger charge is -2.23. The normalized spacial score (nSPS) is 17.1. The van der Waals surface area contributed by atoms with Crippen molar-refractivity contribution >= 4 is 11.6 Å². The van der Waals surface area contributed by atoms with Crippen LogP contribution in [-0.4, -0.2) is 25.3 Å². The lowest BCUT2D eigenvalue weighted by atomic mass is 9.90. The summed E-state index contributed by atoms with van der Waals surface area (Å²) in [6, 6.07) is 3.68. The Bertz CT molecular complexity index is 389. The molecule has 0 unspecified atom stereocenters. The molecule has 1 aliphatic heterocycles. The number of phenolic OH excluding ortho intramolecular Hbond substituents is 1. The van der Waals surface area contributed by atoms with E-state index < -0.39 is 0 Å². The van der Waals surface area contributed by atoms with E-state index in [-0.39, 0.29) is 5.75 Å². The Morgan fingerprint density at radius 2 is 2.12 bits per heavy atom. The van der Waals surface area contributed by atoms with E-state index in [0.717, 1.165) is 25.1 Å². The minimum atomic E-state index is 0.0561. The van der Waals surface area contributed by atoms with Gasteiger partial charge in [-0.3, -0.25) is 0 Å². The molecule has 2 N–H and O–H groups in total.